The van der Waals surface area contributed by atoms with Gasteiger partial charge in [-0.15, -0.1) is 0 Å². The summed E-state index contributed by atoms with van der Waals surface area (Å²) >= 11 is 0. The zero-order valence-electron chi connectivity index (χ0n) is 11.4. The minimum absolute atomic E-state index is 0.104. The van der Waals surface area contributed by atoms with Crippen LogP contribution < -0.4 is 10.6 Å². The fourth-order valence-electron chi connectivity index (χ4n) is 2.19. The third-order valence-corrected chi connectivity index (χ3v) is 4.02. The summed E-state index contributed by atoms with van der Waals surface area (Å²) in [5, 5.41) is 4.26. The predicted octanol–water partition coefficient (Wildman–Crippen LogP) is 2.52. The maximum Gasteiger partial charge on any atom is 0.396 e. The highest BCUT2D eigenvalue weighted by Crippen LogP contribution is 2.57. The van der Waals surface area contributed by atoms with Crippen LogP contribution in [0.2, 0.25) is 1.41 Å². The normalized spacial score (nSPS) is 23.6. The molecule has 2 N–H and O–H groups in total. The third kappa shape index (κ3) is 2.41. The predicted molar refractivity (Wildman–Crippen MR) is 66.1 cm³/mol. The number of aromatic nitrogens is 1. The Hall–Kier alpha value is -1.30. The van der Waals surface area contributed by atoms with Crippen LogP contribution in [0.5, 0.6) is 0 Å². The molecule has 1 saturated carbocycles. The average Bonchev–Trinajstić information content (AvgIpc) is 3.14. The Morgan fingerprint density at radius 1 is 1.42 bits per heavy atom. The number of alkyl halides is 3. The number of pyridine rings is 1. The van der Waals surface area contributed by atoms with Crippen LogP contribution in [0.25, 0.3) is 0 Å². The van der Waals surface area contributed by atoms with Crippen LogP contribution in [0.4, 0.5) is 19.0 Å². The number of hydrogen-bond acceptors (Lipinski definition) is 3. The van der Waals surface area contributed by atoms with E-state index in [0.29, 0.717) is 24.8 Å². The number of halogens is 3. The van der Waals surface area contributed by atoms with E-state index in [2.05, 4.69) is 10.3 Å². The molecule has 1 aromatic rings. The molecule has 2 aliphatic rings. The fourth-order valence-corrected chi connectivity index (χ4v) is 2.19. The van der Waals surface area contributed by atoms with Crippen molar-refractivity contribution in [2.75, 3.05) is 25.0 Å². The van der Waals surface area contributed by atoms with Gasteiger partial charge in [-0.05, 0) is 24.5 Å². The van der Waals surface area contributed by atoms with Gasteiger partial charge < -0.3 is 10.6 Å². The highest BCUT2D eigenvalue weighted by molar-refractivity contribution is 5.37. The molecule has 0 unspecified atom stereocenters. The van der Waals surface area contributed by atoms with Crippen molar-refractivity contribution < 1.29 is 14.6 Å². The molecule has 104 valence electrons. The first kappa shape index (κ1) is 11.5. The van der Waals surface area contributed by atoms with E-state index in [0.717, 1.165) is 5.56 Å². The van der Waals surface area contributed by atoms with Crippen molar-refractivity contribution in [2.45, 2.75) is 24.9 Å². The molecular weight excluding hydrogens is 255 g/mol. The van der Waals surface area contributed by atoms with E-state index < -0.39 is 11.6 Å². The average molecular weight is 272 g/mol. The molecule has 1 saturated heterocycles. The number of anilines is 1. The van der Waals surface area contributed by atoms with Gasteiger partial charge in [-0.1, -0.05) is 6.07 Å². The van der Waals surface area contributed by atoms with E-state index in [1.165, 1.54) is 5.31 Å². The van der Waals surface area contributed by atoms with Gasteiger partial charge >= 0.3 is 6.18 Å². The minimum atomic E-state index is -4.14. The first-order valence-electron chi connectivity index (χ1n) is 6.85. The Morgan fingerprint density at radius 3 is 2.63 bits per heavy atom. The fraction of sp³-hybridized carbons (Fsp3) is 0.615. The van der Waals surface area contributed by atoms with Crippen LogP contribution in [0.15, 0.2) is 18.3 Å². The van der Waals surface area contributed by atoms with Crippen LogP contribution in [0, 0.1) is 5.41 Å². The van der Waals surface area contributed by atoms with E-state index in [1.807, 2.05) is 6.07 Å². The molecule has 3 rings (SSSR count). The standard InChI is InChI=1S/C13H16F3N3/c14-13(15,16)12(3-4-12)8-19-11-2-1-9(7-18-11)10-5-17-6-10/h1-2,7,10,17H,3-6,8H2,(H,18,19)/i/hD. The molecular formula is C13H16F3N3. The van der Waals surface area contributed by atoms with E-state index in [4.69, 9.17) is 1.41 Å². The molecule has 0 amide bonds. The quantitative estimate of drug-likeness (QED) is 0.884. The highest BCUT2D eigenvalue weighted by atomic mass is 19.4. The summed E-state index contributed by atoms with van der Waals surface area (Å²) in [6.45, 7) is 1.27. The summed E-state index contributed by atoms with van der Waals surface area (Å²) in [5.41, 5.74) is -0.511. The molecule has 0 bridgehead atoms. The number of hydrogen-bond donors (Lipinski definition) is 2. The van der Waals surface area contributed by atoms with Crippen molar-refractivity contribution in [1.82, 2.24) is 10.3 Å². The third-order valence-electron chi connectivity index (χ3n) is 4.02. The van der Waals surface area contributed by atoms with Crippen molar-refractivity contribution in [1.29, 1.82) is 0 Å². The zero-order valence-corrected chi connectivity index (χ0v) is 10.4. The Labute approximate surface area is 111 Å². The number of nitrogens with one attached hydrogen (secondary N) is 2. The zero-order chi connectivity index (χ0) is 14.4. The van der Waals surface area contributed by atoms with E-state index in [1.54, 1.807) is 12.3 Å². The van der Waals surface area contributed by atoms with E-state index in [-0.39, 0.29) is 19.4 Å². The van der Waals surface area contributed by atoms with Crippen molar-refractivity contribution in [2.24, 2.45) is 5.41 Å². The summed E-state index contributed by atoms with van der Waals surface area (Å²) in [6.07, 6.45) is -2.05. The molecule has 19 heavy (non-hydrogen) atoms. The van der Waals surface area contributed by atoms with Gasteiger partial charge in [-0.2, -0.15) is 13.2 Å². The van der Waals surface area contributed by atoms with Gasteiger partial charge in [0.15, 0.2) is 0 Å². The molecule has 1 aliphatic heterocycles. The molecule has 1 aromatic heterocycles. The van der Waals surface area contributed by atoms with Gasteiger partial charge in [-0.25, -0.2) is 4.98 Å². The van der Waals surface area contributed by atoms with Gasteiger partial charge in [0.05, 0.1) is 5.41 Å². The monoisotopic (exact) mass is 272 g/mol. The van der Waals surface area contributed by atoms with Gasteiger partial charge in [0.1, 0.15) is 7.23 Å². The van der Waals surface area contributed by atoms with Crippen LogP contribution in [-0.2, 0) is 0 Å². The van der Waals surface area contributed by atoms with Crippen LogP contribution in [-0.4, -0.2) is 30.8 Å². The topological polar surface area (TPSA) is 37.0 Å². The second kappa shape index (κ2) is 4.37. The highest BCUT2D eigenvalue weighted by Gasteiger charge is 2.62. The lowest BCUT2D eigenvalue weighted by atomic mass is 9.95. The largest absolute Gasteiger partial charge is 0.396 e. The second-order valence-electron chi connectivity index (χ2n) is 5.39. The molecule has 0 spiro atoms. The van der Waals surface area contributed by atoms with E-state index >= 15 is 0 Å². The van der Waals surface area contributed by atoms with Crippen molar-refractivity contribution in [3.8, 4) is 0 Å². The van der Waals surface area contributed by atoms with Gasteiger partial charge in [0.25, 0.3) is 0 Å². The Bertz CT molecular complexity index is 479. The van der Waals surface area contributed by atoms with Crippen molar-refractivity contribution >= 4 is 5.82 Å². The van der Waals surface area contributed by atoms with E-state index in [9.17, 15) is 13.2 Å². The second-order valence-corrected chi connectivity index (χ2v) is 5.39. The first-order chi connectivity index (χ1) is 9.40. The lowest BCUT2D eigenvalue weighted by molar-refractivity contribution is -0.182. The molecule has 2 fully saturated rings. The van der Waals surface area contributed by atoms with Crippen LogP contribution >= 0.6 is 0 Å². The Morgan fingerprint density at radius 2 is 2.16 bits per heavy atom. The van der Waals surface area contributed by atoms with Crippen LogP contribution in [0.3, 0.4) is 0 Å². The summed E-state index contributed by atoms with van der Waals surface area (Å²) in [7, 11) is 0. The molecule has 2 heterocycles. The molecule has 3 nitrogen and oxygen atoms in total. The summed E-state index contributed by atoms with van der Waals surface area (Å²) in [4.78, 5) is 4.16. The molecule has 1 aliphatic carbocycles. The number of nitrogens with zero attached hydrogens (tertiary/aromatic N) is 1. The smallest absolute Gasteiger partial charge is 0.369 e. The van der Waals surface area contributed by atoms with Gasteiger partial charge in [0.2, 0.25) is 0 Å². The maximum atomic E-state index is 12.8. The molecule has 6 heteroatoms. The maximum absolute atomic E-state index is 12.8. The molecule has 0 atom stereocenters. The lowest BCUT2D eigenvalue weighted by Crippen LogP contribution is -2.39. The van der Waals surface area contributed by atoms with Gasteiger partial charge in [0, 0.05) is 31.7 Å². The van der Waals surface area contributed by atoms with Crippen molar-refractivity contribution in [3.63, 3.8) is 0 Å². The summed E-state index contributed by atoms with van der Waals surface area (Å²) < 4.78 is 45.7. The van der Waals surface area contributed by atoms with Gasteiger partial charge in [-0.3, -0.25) is 0 Å². The summed E-state index contributed by atoms with van der Waals surface area (Å²) in [5.74, 6) is 0.797. The lowest BCUT2D eigenvalue weighted by Gasteiger charge is -2.27. The summed E-state index contributed by atoms with van der Waals surface area (Å²) in [6, 6.07) is 3.59. The minimum Gasteiger partial charge on any atom is -0.369 e. The van der Waals surface area contributed by atoms with Crippen LogP contribution in [0.1, 0.15) is 24.3 Å². The first-order valence-corrected chi connectivity index (χ1v) is 6.40. The SMILES string of the molecule is [2H]N1CC(c2ccc(NCC3(C(F)(F)F)CC3)nc2)C1. The Balaban J connectivity index is 1.56. The molecule has 0 aromatic carbocycles. The Kier molecular flexibility index (Phi) is 2.65. The molecule has 0 radical (unpaired) electrons. The van der Waals surface area contributed by atoms with Crippen molar-refractivity contribution in [3.05, 3.63) is 23.9 Å². The number of rotatable bonds is 4.